The van der Waals surface area contributed by atoms with Crippen LogP contribution in [-0.4, -0.2) is 52.6 Å². The molecule has 8 nitrogen and oxygen atoms in total. The van der Waals surface area contributed by atoms with E-state index in [1.54, 1.807) is 0 Å². The minimum atomic E-state index is -0.935. The van der Waals surface area contributed by atoms with Gasteiger partial charge >= 0.3 is 5.97 Å². The molecule has 0 aromatic carbocycles. The van der Waals surface area contributed by atoms with E-state index >= 15 is 0 Å². The molecule has 0 unspecified atom stereocenters. The van der Waals surface area contributed by atoms with Gasteiger partial charge in [0.15, 0.2) is 5.69 Å². The lowest BCUT2D eigenvalue weighted by Gasteiger charge is -2.35. The number of methoxy groups -OCH3 is 1. The van der Waals surface area contributed by atoms with Gasteiger partial charge in [-0.1, -0.05) is 24.5 Å². The van der Waals surface area contributed by atoms with Crippen molar-refractivity contribution in [1.29, 1.82) is 0 Å². The van der Waals surface area contributed by atoms with Crippen molar-refractivity contribution in [2.75, 3.05) is 20.2 Å². The van der Waals surface area contributed by atoms with E-state index in [4.69, 9.17) is 4.74 Å². The van der Waals surface area contributed by atoms with Gasteiger partial charge in [0.25, 0.3) is 5.91 Å². The van der Waals surface area contributed by atoms with E-state index in [0.29, 0.717) is 18.5 Å². The highest BCUT2D eigenvalue weighted by Crippen LogP contribution is 2.30. The summed E-state index contributed by atoms with van der Waals surface area (Å²) in [5.41, 5.74) is 0.113. The first-order chi connectivity index (χ1) is 12.1. The van der Waals surface area contributed by atoms with E-state index < -0.39 is 5.54 Å². The van der Waals surface area contributed by atoms with Crippen LogP contribution in [0.25, 0.3) is 0 Å². The summed E-state index contributed by atoms with van der Waals surface area (Å²) in [6.45, 7) is 3.75. The molecule has 2 fully saturated rings. The van der Waals surface area contributed by atoms with Gasteiger partial charge < -0.3 is 15.4 Å². The lowest BCUT2D eigenvalue weighted by molar-refractivity contribution is -0.149. The van der Waals surface area contributed by atoms with Crippen molar-refractivity contribution in [3.8, 4) is 0 Å². The predicted molar refractivity (Wildman–Crippen MR) is 91.2 cm³/mol. The second-order valence-corrected chi connectivity index (χ2v) is 7.04. The lowest BCUT2D eigenvalue weighted by Crippen LogP contribution is -2.56. The Labute approximate surface area is 147 Å². The Kier molecular flexibility index (Phi) is 5.36. The highest BCUT2D eigenvalue weighted by atomic mass is 16.5. The second-order valence-electron chi connectivity index (χ2n) is 7.04. The van der Waals surface area contributed by atoms with Crippen LogP contribution in [0.4, 0.5) is 0 Å². The van der Waals surface area contributed by atoms with Crippen molar-refractivity contribution in [3.05, 3.63) is 11.4 Å². The molecule has 2 N–H and O–H groups in total. The van der Waals surface area contributed by atoms with Gasteiger partial charge in [0.2, 0.25) is 0 Å². The monoisotopic (exact) mass is 349 g/mol. The van der Waals surface area contributed by atoms with E-state index in [1.165, 1.54) is 7.11 Å². The molecule has 0 spiro atoms. The quantitative estimate of drug-likeness (QED) is 0.791. The molecule has 2 heterocycles. The summed E-state index contributed by atoms with van der Waals surface area (Å²) < 4.78 is 6.81. The molecule has 1 saturated heterocycles. The standard InChI is InChI=1S/C17H27N5O3/c1-12-14(20-21-22(12)13-6-10-18-11-7-13)15(23)19-17(16(24)25-2)8-4-3-5-9-17/h13,18H,3-11H2,1-2H3,(H,19,23). The third kappa shape index (κ3) is 3.53. The predicted octanol–water partition coefficient (Wildman–Crippen LogP) is 1.12. The Balaban J connectivity index is 1.78. The molecule has 1 aliphatic carbocycles. The number of nitrogens with one attached hydrogen (secondary N) is 2. The summed E-state index contributed by atoms with van der Waals surface area (Å²) in [5.74, 6) is -0.714. The van der Waals surface area contributed by atoms with Crippen molar-refractivity contribution >= 4 is 11.9 Å². The van der Waals surface area contributed by atoms with Crippen LogP contribution in [0.15, 0.2) is 0 Å². The number of hydrogen-bond donors (Lipinski definition) is 2. The Morgan fingerprint density at radius 2 is 1.92 bits per heavy atom. The zero-order chi connectivity index (χ0) is 17.9. The summed E-state index contributed by atoms with van der Waals surface area (Å²) in [5, 5.41) is 14.5. The lowest BCUT2D eigenvalue weighted by atomic mass is 9.81. The first-order valence-electron chi connectivity index (χ1n) is 9.11. The fourth-order valence-electron chi connectivity index (χ4n) is 3.96. The number of piperidine rings is 1. The summed E-state index contributed by atoms with van der Waals surface area (Å²) in [4.78, 5) is 25.1. The van der Waals surface area contributed by atoms with Gasteiger partial charge in [0, 0.05) is 0 Å². The SMILES string of the molecule is COC(=O)C1(NC(=O)c2nnn(C3CCNCC3)c2C)CCCCC1. The zero-order valence-corrected chi connectivity index (χ0v) is 15.0. The first kappa shape index (κ1) is 17.8. The van der Waals surface area contributed by atoms with Crippen molar-refractivity contribution in [2.24, 2.45) is 0 Å². The van der Waals surface area contributed by atoms with Crippen LogP contribution in [0, 0.1) is 6.92 Å². The van der Waals surface area contributed by atoms with Crippen LogP contribution < -0.4 is 10.6 Å². The first-order valence-corrected chi connectivity index (χ1v) is 9.11. The van der Waals surface area contributed by atoms with Crippen LogP contribution in [-0.2, 0) is 9.53 Å². The molecule has 1 aliphatic heterocycles. The number of nitrogens with zero attached hydrogens (tertiary/aromatic N) is 3. The number of rotatable bonds is 4. The third-order valence-corrected chi connectivity index (χ3v) is 5.43. The molecule has 138 valence electrons. The van der Waals surface area contributed by atoms with Crippen molar-refractivity contribution in [3.63, 3.8) is 0 Å². The largest absolute Gasteiger partial charge is 0.467 e. The molecule has 3 rings (SSSR count). The average molecular weight is 349 g/mol. The number of ether oxygens (including phenoxy) is 1. The molecule has 1 amide bonds. The highest BCUT2D eigenvalue weighted by molar-refractivity contribution is 5.97. The molecule has 25 heavy (non-hydrogen) atoms. The minimum absolute atomic E-state index is 0.263. The summed E-state index contributed by atoms with van der Waals surface area (Å²) >= 11 is 0. The second kappa shape index (κ2) is 7.51. The topological polar surface area (TPSA) is 98.1 Å². The molecular weight excluding hydrogens is 322 g/mol. The van der Waals surface area contributed by atoms with E-state index in [2.05, 4.69) is 20.9 Å². The highest BCUT2D eigenvalue weighted by Gasteiger charge is 2.42. The Bertz CT molecular complexity index is 630. The van der Waals surface area contributed by atoms with Gasteiger partial charge in [-0.15, -0.1) is 5.10 Å². The minimum Gasteiger partial charge on any atom is -0.467 e. The number of hydrogen-bond acceptors (Lipinski definition) is 6. The molecule has 0 atom stereocenters. The van der Waals surface area contributed by atoms with Gasteiger partial charge in [0.05, 0.1) is 18.8 Å². The van der Waals surface area contributed by atoms with Crippen LogP contribution >= 0.6 is 0 Å². The number of amides is 1. The number of carbonyl (C=O) groups is 2. The van der Waals surface area contributed by atoms with E-state index in [9.17, 15) is 9.59 Å². The Hall–Kier alpha value is -1.96. The van der Waals surface area contributed by atoms with Crippen molar-refractivity contribution in [1.82, 2.24) is 25.6 Å². The summed E-state index contributed by atoms with van der Waals surface area (Å²) in [6.07, 6.45) is 6.01. The normalized spacial score (nSPS) is 20.9. The Morgan fingerprint density at radius 1 is 1.24 bits per heavy atom. The van der Waals surface area contributed by atoms with Crippen molar-refractivity contribution in [2.45, 2.75) is 63.5 Å². The molecule has 1 aromatic rings. The number of aromatic nitrogens is 3. The van der Waals surface area contributed by atoms with E-state index in [1.807, 2.05) is 11.6 Å². The van der Waals surface area contributed by atoms with Crippen LogP contribution in [0.1, 0.15) is 67.2 Å². The van der Waals surface area contributed by atoms with Gasteiger partial charge in [0.1, 0.15) is 5.54 Å². The molecule has 2 aliphatic rings. The molecular formula is C17H27N5O3. The number of carbonyl (C=O) groups excluding carboxylic acids is 2. The molecule has 1 aromatic heterocycles. The molecule has 0 radical (unpaired) electrons. The average Bonchev–Trinajstić information content (AvgIpc) is 3.04. The molecule has 1 saturated carbocycles. The summed E-state index contributed by atoms with van der Waals surface area (Å²) in [6, 6.07) is 0.263. The van der Waals surface area contributed by atoms with Crippen molar-refractivity contribution < 1.29 is 14.3 Å². The molecule has 8 heteroatoms. The fraction of sp³-hybridized carbons (Fsp3) is 0.765. The van der Waals surface area contributed by atoms with E-state index in [0.717, 1.165) is 50.9 Å². The fourth-order valence-corrected chi connectivity index (χ4v) is 3.96. The van der Waals surface area contributed by atoms with E-state index in [-0.39, 0.29) is 17.9 Å². The van der Waals surface area contributed by atoms with Gasteiger partial charge in [-0.3, -0.25) is 4.79 Å². The van der Waals surface area contributed by atoms with Gasteiger partial charge in [-0.2, -0.15) is 0 Å². The van der Waals surface area contributed by atoms with Crippen LogP contribution in [0.5, 0.6) is 0 Å². The van der Waals surface area contributed by atoms with Gasteiger partial charge in [-0.05, 0) is 45.7 Å². The third-order valence-electron chi connectivity index (χ3n) is 5.43. The Morgan fingerprint density at radius 3 is 2.56 bits per heavy atom. The maximum absolute atomic E-state index is 12.8. The summed E-state index contributed by atoms with van der Waals surface area (Å²) in [7, 11) is 1.36. The maximum atomic E-state index is 12.8. The zero-order valence-electron chi connectivity index (χ0n) is 15.0. The number of esters is 1. The van der Waals surface area contributed by atoms with Gasteiger partial charge in [-0.25, -0.2) is 9.48 Å². The van der Waals surface area contributed by atoms with Crippen LogP contribution in [0.2, 0.25) is 0 Å². The smallest absolute Gasteiger partial charge is 0.331 e. The van der Waals surface area contributed by atoms with Crippen LogP contribution in [0.3, 0.4) is 0 Å². The maximum Gasteiger partial charge on any atom is 0.331 e. The molecule has 0 bridgehead atoms.